The van der Waals surface area contributed by atoms with E-state index in [1.165, 1.54) is 0 Å². The van der Waals surface area contributed by atoms with Gasteiger partial charge < -0.3 is 98.5 Å². The molecule has 5 aliphatic carbocycles. The van der Waals surface area contributed by atoms with Gasteiger partial charge in [-0.1, -0.05) is 34.6 Å². The van der Waals surface area contributed by atoms with Gasteiger partial charge in [0, 0.05) is 248 Å². The number of nitriles is 1. The van der Waals surface area contributed by atoms with E-state index >= 15 is 0 Å². The Balaban J connectivity index is 0.000000125. The summed E-state index contributed by atoms with van der Waals surface area (Å²) in [5.41, 5.74) is 14.1. The second kappa shape index (κ2) is 51.8. The van der Waals surface area contributed by atoms with E-state index < -0.39 is 0 Å². The first-order valence-electron chi connectivity index (χ1n) is 52.8. The van der Waals surface area contributed by atoms with Crippen molar-refractivity contribution >= 4 is 113 Å². The monoisotopic (exact) mass is 2000 g/mol. The van der Waals surface area contributed by atoms with E-state index in [0.29, 0.717) is 24.4 Å². The number of carbonyl (C=O) groups excluding carboxylic acids is 4. The minimum Gasteiger partial charge on any atom is -0.488 e. The molecule has 11 heterocycles. The molecule has 0 atom stereocenters. The van der Waals surface area contributed by atoms with E-state index in [2.05, 4.69) is 173 Å². The summed E-state index contributed by atoms with van der Waals surface area (Å²) in [5, 5.41) is 25.0. The van der Waals surface area contributed by atoms with E-state index in [1.807, 2.05) is 34.6 Å². The van der Waals surface area contributed by atoms with Crippen molar-refractivity contribution in [2.75, 3.05) is 161 Å². The Hall–Kier alpha value is -13.1. The fraction of sp³-hybridized carbons (Fsp3) is 0.545. The average Bonchev–Trinajstić information content (AvgIpc) is 0.807. The largest absolute Gasteiger partial charge is 0.488 e. The van der Waals surface area contributed by atoms with Crippen LogP contribution in [0.2, 0.25) is 0 Å². The molecule has 5 saturated heterocycles. The van der Waals surface area contributed by atoms with Gasteiger partial charge in [0.1, 0.15) is 62.1 Å². The molecule has 10 fully saturated rings. The number of ether oxygens (including phenoxy) is 10. The first kappa shape index (κ1) is 104. The van der Waals surface area contributed by atoms with Gasteiger partial charge in [0.25, 0.3) is 0 Å². The van der Waals surface area contributed by atoms with E-state index in [9.17, 15) is 19.2 Å². The Morgan fingerprint density at radius 1 is 0.336 bits per heavy atom. The predicted octanol–water partition coefficient (Wildman–Crippen LogP) is 14.9. The number of nitrogens with zero attached hydrogens (tertiary/aromatic N) is 17. The van der Waals surface area contributed by atoms with Crippen molar-refractivity contribution in [3.63, 3.8) is 0 Å². The summed E-state index contributed by atoms with van der Waals surface area (Å²) >= 11 is 0. The van der Waals surface area contributed by atoms with E-state index in [4.69, 9.17) is 52.6 Å². The van der Waals surface area contributed by atoms with Crippen molar-refractivity contribution in [1.29, 1.82) is 5.26 Å². The van der Waals surface area contributed by atoms with Crippen LogP contribution in [-0.2, 0) is 42.9 Å². The first-order chi connectivity index (χ1) is 71.3. The van der Waals surface area contributed by atoms with Crippen LogP contribution in [0.4, 0.5) is 34.3 Å². The number of hydrogen-bond donors (Lipinski definition) is 5. The van der Waals surface area contributed by atoms with E-state index in [-0.39, 0.29) is 83.7 Å². The normalized spacial score (nSPS) is 22.4. The van der Waals surface area contributed by atoms with Crippen LogP contribution in [0.25, 0.3) is 55.2 Å². The third kappa shape index (κ3) is 29.2. The Morgan fingerprint density at radius 3 is 0.856 bits per heavy atom. The number of carbonyl (C=O) groups is 4. The zero-order chi connectivity index (χ0) is 101. The maximum atomic E-state index is 12.3. The van der Waals surface area contributed by atoms with Crippen molar-refractivity contribution in [3.05, 3.63) is 147 Å². The quantitative estimate of drug-likeness (QED) is 0.0375. The van der Waals surface area contributed by atoms with Crippen LogP contribution in [-0.4, -0.2) is 271 Å². The SMILES string of the molecule is CC(=O)NC1CCC(Oc2cc(N3CCOCC3)cc3nccnc23)CC1.CC(C)(C)C(=O)NC1CCC(Oc2cc(N3CCOCC3)cc3nccnc23)CC1.CCC(=O)NC1CCC(Oc2cc(N3CCOCC3)cc3nccnc23)CC1.CCCC(=O)NC1CCC(Oc2cc(N3CCOCC3)cc3nccnc23)CC1.N#Cc1ccnc(NC2CCC(Oc3cc(N4CCOCC4)cc4nccnc34)CC2)c1. The van der Waals surface area contributed by atoms with Crippen LogP contribution in [0, 0.1) is 16.7 Å². The number of benzene rings is 5. The van der Waals surface area contributed by atoms with Crippen LogP contribution in [0.1, 0.15) is 195 Å². The molecule has 10 aliphatic rings. The molecule has 4 amide bonds. The topological polar surface area (TPSA) is 403 Å². The Morgan fingerprint density at radius 2 is 0.596 bits per heavy atom. The number of anilines is 6. The molecule has 36 heteroatoms. The van der Waals surface area contributed by atoms with Crippen molar-refractivity contribution in [3.8, 4) is 34.8 Å². The lowest BCUT2D eigenvalue weighted by atomic mass is 9.90. The van der Waals surface area contributed by atoms with E-state index in [0.717, 1.165) is 385 Å². The Kier molecular flexibility index (Phi) is 37.0. The number of fused-ring (bicyclic) bond motifs is 5. The number of nitrogens with one attached hydrogen (secondary N) is 5. The van der Waals surface area contributed by atoms with Crippen molar-refractivity contribution in [2.24, 2.45) is 5.41 Å². The summed E-state index contributed by atoms with van der Waals surface area (Å²) in [7, 11) is 0. The van der Waals surface area contributed by atoms with Crippen molar-refractivity contribution in [1.82, 2.24) is 76.1 Å². The van der Waals surface area contributed by atoms with Gasteiger partial charge in [-0.25, -0.2) is 29.9 Å². The van der Waals surface area contributed by atoms with Crippen LogP contribution in [0.15, 0.2) is 141 Å². The molecular weight excluding hydrogens is 1850 g/mol. The van der Waals surface area contributed by atoms with Crippen molar-refractivity contribution < 1.29 is 66.5 Å². The lowest BCUT2D eigenvalue weighted by Crippen LogP contribution is -2.44. The predicted molar refractivity (Wildman–Crippen MR) is 562 cm³/mol. The molecule has 776 valence electrons. The lowest BCUT2D eigenvalue weighted by molar-refractivity contribution is -0.129. The lowest BCUT2D eigenvalue weighted by Gasteiger charge is -2.32. The van der Waals surface area contributed by atoms with Crippen LogP contribution in [0.3, 0.4) is 0 Å². The highest BCUT2D eigenvalue weighted by molar-refractivity contribution is 5.90. The summed E-state index contributed by atoms with van der Waals surface area (Å²) in [5.74, 6) is 5.20. The van der Waals surface area contributed by atoms with Gasteiger partial charge in [0.05, 0.1) is 136 Å². The number of amides is 4. The first-order valence-corrected chi connectivity index (χ1v) is 52.8. The second-order valence-corrected chi connectivity index (χ2v) is 40.1. The minimum atomic E-state index is -0.356. The number of morpholine rings is 5. The summed E-state index contributed by atoms with van der Waals surface area (Å²) in [6.45, 7) is 27.4. The van der Waals surface area contributed by atoms with Gasteiger partial charge >= 0.3 is 0 Å². The molecular formula is C110H142N22O14. The average molecular weight is 2000 g/mol. The molecule has 5 aliphatic heterocycles. The Labute approximate surface area is 854 Å². The molecule has 0 radical (unpaired) electrons. The molecule has 0 spiro atoms. The van der Waals surface area contributed by atoms with Crippen molar-refractivity contribution in [2.45, 2.75) is 250 Å². The maximum absolute atomic E-state index is 12.3. The summed E-state index contributed by atoms with van der Waals surface area (Å²) < 4.78 is 59.6. The number of pyridine rings is 1. The smallest absolute Gasteiger partial charge is 0.225 e. The van der Waals surface area contributed by atoms with Gasteiger partial charge in [-0.15, -0.1) is 0 Å². The van der Waals surface area contributed by atoms with Gasteiger partial charge in [0.15, 0.2) is 0 Å². The third-order valence-electron chi connectivity index (χ3n) is 28.5. The van der Waals surface area contributed by atoms with Crippen LogP contribution >= 0.6 is 0 Å². The summed E-state index contributed by atoms with van der Waals surface area (Å²) in [6.07, 6.45) is 40.3. The minimum absolute atomic E-state index is 0.0406. The Bertz CT molecular complexity index is 6150. The highest BCUT2D eigenvalue weighted by Gasteiger charge is 2.34. The molecule has 21 rings (SSSR count). The summed E-state index contributed by atoms with van der Waals surface area (Å²) in [6, 6.07) is 27.9. The van der Waals surface area contributed by atoms with Gasteiger partial charge in [-0.2, -0.15) is 5.26 Å². The van der Waals surface area contributed by atoms with Crippen LogP contribution in [0.5, 0.6) is 28.7 Å². The molecule has 146 heavy (non-hydrogen) atoms. The molecule has 6 aromatic heterocycles. The number of rotatable bonds is 24. The molecule has 5 aromatic carbocycles. The molecule has 36 nitrogen and oxygen atoms in total. The molecule has 0 unspecified atom stereocenters. The van der Waals surface area contributed by atoms with Gasteiger partial charge in [-0.05, 0) is 177 Å². The van der Waals surface area contributed by atoms with Gasteiger partial charge in [-0.3, -0.25) is 44.1 Å². The number of aromatic nitrogens is 11. The fourth-order valence-electron chi connectivity index (χ4n) is 20.5. The maximum Gasteiger partial charge on any atom is 0.225 e. The van der Waals surface area contributed by atoms with E-state index in [1.54, 1.807) is 87.2 Å². The molecule has 5 N–H and O–H groups in total. The van der Waals surface area contributed by atoms with Gasteiger partial charge in [0.2, 0.25) is 23.6 Å². The highest BCUT2D eigenvalue weighted by Crippen LogP contribution is 2.41. The highest BCUT2D eigenvalue weighted by atomic mass is 16.5. The number of hydrogen-bond acceptors (Lipinski definition) is 32. The fourth-order valence-corrected chi connectivity index (χ4v) is 20.5. The summed E-state index contributed by atoms with van der Waals surface area (Å²) in [4.78, 5) is 108. The molecule has 0 bridgehead atoms. The molecule has 5 saturated carbocycles. The molecule has 11 aromatic rings. The second-order valence-electron chi connectivity index (χ2n) is 40.1. The third-order valence-corrected chi connectivity index (χ3v) is 28.5. The zero-order valence-corrected chi connectivity index (χ0v) is 85.3. The van der Waals surface area contributed by atoms with Crippen LogP contribution < -0.4 is 74.8 Å². The zero-order valence-electron chi connectivity index (χ0n) is 85.3. The standard InChI is InChI=1S/C24H26N6O2.C23H32N4O3.C22H30N4O3.C21H28N4O3.C20H26N4O3/c25-16-17-5-6-27-23(13-17)29-18-1-3-20(4-2-18)32-22-15-19(30-9-11-31-12-10-30)14-21-24(22)28-8-7-26-21;1-23(2,3)22(28)26-16-4-6-18(7-5-16)30-20-15-17(27-10-12-29-13-11-27)14-19-21(20)25-9-8-24-19;1-2-3-21(27)25-16-4-6-18(7-5-16)29-20-15-17(26-10-12-28-13-11-26)14-19-22(20)24-9-8-23-19;1-2-20(26)24-15-3-5-17(6-4-15)28-19-14-16(25-9-11-27-12-10-25)13-18-21(19)23-8-7-22-18;1-14(25)23-15-2-4-17(5-3-15)27-19-13-16(24-8-10-26-11-9-24)12-18-20(19)22-7-6-21-18/h5-8,13-15,18,20H,1-4,9-12H2,(H,27,29);8-9,14-16,18H,4-7,10-13H2,1-3H3,(H,26,28);8-9,14-16,18H,2-7,10-13H2,1H3,(H,25,27);7-8,13-15,17H,2-6,9-12H2,1H3,(H,24,26);6-7,12-13,15,17H,2-5,8-11H2,1H3,(H,23,25).